The van der Waals surface area contributed by atoms with Gasteiger partial charge in [-0.05, 0) is 47.9 Å². The molecule has 0 spiro atoms. The van der Waals surface area contributed by atoms with Gasteiger partial charge in [0.1, 0.15) is 5.82 Å². The van der Waals surface area contributed by atoms with Crippen molar-refractivity contribution in [1.29, 1.82) is 0 Å². The number of aromatic nitrogens is 3. The fourth-order valence-corrected chi connectivity index (χ4v) is 6.61. The second-order valence-corrected chi connectivity index (χ2v) is 10.4. The number of para-hydroxylation sites is 3. The van der Waals surface area contributed by atoms with Crippen molar-refractivity contribution in [3.63, 3.8) is 0 Å². The molecular formula is C37H23N3. The Hall–Kier alpha value is -5.41. The van der Waals surface area contributed by atoms with Crippen LogP contribution in [0.1, 0.15) is 0 Å². The molecule has 4 aromatic heterocycles. The van der Waals surface area contributed by atoms with Crippen molar-refractivity contribution in [1.82, 2.24) is 14.0 Å². The molecule has 0 aliphatic carbocycles. The van der Waals surface area contributed by atoms with Gasteiger partial charge in [0.05, 0.1) is 33.3 Å². The van der Waals surface area contributed by atoms with Gasteiger partial charge in [-0.25, -0.2) is 4.98 Å². The topological polar surface area (TPSA) is 22.2 Å². The first kappa shape index (κ1) is 21.5. The van der Waals surface area contributed by atoms with Crippen LogP contribution < -0.4 is 0 Å². The minimum atomic E-state index is 0.921. The van der Waals surface area contributed by atoms with E-state index >= 15 is 0 Å². The van der Waals surface area contributed by atoms with Crippen LogP contribution in [0.15, 0.2) is 140 Å². The molecule has 0 unspecified atom stereocenters. The smallest absolute Gasteiger partial charge is 0.138 e. The lowest BCUT2D eigenvalue weighted by Gasteiger charge is -2.12. The Morgan fingerprint density at radius 2 is 1.12 bits per heavy atom. The zero-order valence-electron chi connectivity index (χ0n) is 21.6. The molecule has 0 saturated heterocycles. The summed E-state index contributed by atoms with van der Waals surface area (Å²) in [5.74, 6) is 0.921. The highest BCUT2D eigenvalue weighted by Crippen LogP contribution is 2.42. The van der Waals surface area contributed by atoms with Crippen LogP contribution in [0.4, 0.5) is 0 Å². The van der Waals surface area contributed by atoms with Crippen LogP contribution in [-0.4, -0.2) is 14.0 Å². The molecule has 9 rings (SSSR count). The minimum Gasteiger partial charge on any atom is -0.309 e. The van der Waals surface area contributed by atoms with Crippen LogP contribution in [0.25, 0.3) is 77.0 Å². The second-order valence-electron chi connectivity index (χ2n) is 10.4. The van der Waals surface area contributed by atoms with Gasteiger partial charge >= 0.3 is 0 Å². The number of fused-ring (bicyclic) bond motifs is 12. The average molecular weight is 510 g/mol. The predicted molar refractivity (Wildman–Crippen MR) is 167 cm³/mol. The van der Waals surface area contributed by atoms with E-state index in [1.54, 1.807) is 0 Å². The maximum Gasteiger partial charge on any atom is 0.138 e. The molecule has 3 heteroatoms. The van der Waals surface area contributed by atoms with E-state index in [4.69, 9.17) is 4.98 Å². The summed E-state index contributed by atoms with van der Waals surface area (Å²) in [7, 11) is 0. The Kier molecular flexibility index (Phi) is 4.33. The van der Waals surface area contributed by atoms with E-state index in [0.717, 1.165) is 28.1 Å². The molecule has 40 heavy (non-hydrogen) atoms. The van der Waals surface area contributed by atoms with Crippen LogP contribution >= 0.6 is 0 Å². The van der Waals surface area contributed by atoms with E-state index in [-0.39, 0.29) is 0 Å². The van der Waals surface area contributed by atoms with Crippen molar-refractivity contribution in [2.24, 2.45) is 0 Å². The first-order valence-electron chi connectivity index (χ1n) is 13.7. The number of benzene rings is 5. The quantitative estimate of drug-likeness (QED) is 0.213. The third kappa shape index (κ3) is 2.86. The molecule has 0 atom stereocenters. The van der Waals surface area contributed by atoms with E-state index in [2.05, 4.69) is 142 Å². The first-order chi connectivity index (χ1) is 19.9. The van der Waals surface area contributed by atoms with Crippen molar-refractivity contribution in [3.8, 4) is 17.1 Å². The predicted octanol–water partition coefficient (Wildman–Crippen LogP) is 9.56. The lowest BCUT2D eigenvalue weighted by atomic mass is 10.00. The number of pyridine rings is 2. The van der Waals surface area contributed by atoms with Crippen molar-refractivity contribution in [2.45, 2.75) is 0 Å². The number of rotatable bonds is 2. The lowest BCUT2D eigenvalue weighted by Crippen LogP contribution is -1.98. The van der Waals surface area contributed by atoms with Crippen LogP contribution in [0.5, 0.6) is 0 Å². The fourth-order valence-electron chi connectivity index (χ4n) is 6.61. The third-order valence-corrected chi connectivity index (χ3v) is 8.27. The van der Waals surface area contributed by atoms with E-state index < -0.39 is 0 Å². The summed E-state index contributed by atoms with van der Waals surface area (Å²) >= 11 is 0. The molecule has 0 fully saturated rings. The van der Waals surface area contributed by atoms with E-state index in [9.17, 15) is 0 Å². The van der Waals surface area contributed by atoms with Gasteiger partial charge in [0.2, 0.25) is 0 Å². The van der Waals surface area contributed by atoms with Crippen LogP contribution in [-0.2, 0) is 0 Å². The number of hydrogen-bond acceptors (Lipinski definition) is 1. The maximum atomic E-state index is 5.17. The van der Waals surface area contributed by atoms with Crippen molar-refractivity contribution < 1.29 is 0 Å². The fraction of sp³-hybridized carbons (Fsp3) is 0. The van der Waals surface area contributed by atoms with Crippen LogP contribution in [0.3, 0.4) is 0 Å². The molecule has 0 N–H and O–H groups in total. The Labute approximate surface area is 230 Å². The average Bonchev–Trinajstić information content (AvgIpc) is 3.58. The molecule has 0 aliphatic rings. The van der Waals surface area contributed by atoms with E-state index in [0.29, 0.717) is 0 Å². The molecule has 9 aromatic rings. The Bertz CT molecular complexity index is 2430. The molecule has 186 valence electrons. The highest BCUT2D eigenvalue weighted by atomic mass is 15.1. The van der Waals surface area contributed by atoms with Gasteiger partial charge in [-0.1, -0.05) is 97.1 Å². The van der Waals surface area contributed by atoms with Gasteiger partial charge < -0.3 is 4.40 Å². The summed E-state index contributed by atoms with van der Waals surface area (Å²) in [6.07, 6.45) is 0. The maximum absolute atomic E-state index is 5.17. The standard InChI is InChI=1S/C37H23N3/c1-2-11-24(12-3-1)29-16-10-20-35(38-29)40-32-19-9-6-15-28(32)37-33(40)22-21-27-26-14-5-8-18-31(26)39-30-17-7-4-13-25(30)23-34(39)36(27)37/h1-23H. The molecule has 0 bridgehead atoms. The lowest BCUT2D eigenvalue weighted by molar-refractivity contribution is 1.08. The Morgan fingerprint density at radius 1 is 0.425 bits per heavy atom. The van der Waals surface area contributed by atoms with Gasteiger partial charge in [-0.2, -0.15) is 0 Å². The first-order valence-corrected chi connectivity index (χ1v) is 13.7. The second kappa shape index (κ2) is 8.05. The van der Waals surface area contributed by atoms with Crippen LogP contribution in [0, 0.1) is 0 Å². The summed E-state index contributed by atoms with van der Waals surface area (Å²) in [6.45, 7) is 0. The monoisotopic (exact) mass is 509 g/mol. The molecule has 3 nitrogen and oxygen atoms in total. The Balaban J connectivity index is 1.49. The van der Waals surface area contributed by atoms with Gasteiger partial charge in [0, 0.05) is 32.5 Å². The van der Waals surface area contributed by atoms with Gasteiger partial charge in [-0.15, -0.1) is 0 Å². The molecule has 0 radical (unpaired) electrons. The molecule has 0 amide bonds. The summed E-state index contributed by atoms with van der Waals surface area (Å²) in [6, 6.07) is 49.8. The highest BCUT2D eigenvalue weighted by Gasteiger charge is 2.20. The molecule has 5 aromatic carbocycles. The largest absolute Gasteiger partial charge is 0.309 e. The summed E-state index contributed by atoms with van der Waals surface area (Å²) in [4.78, 5) is 5.17. The third-order valence-electron chi connectivity index (χ3n) is 8.27. The number of hydrogen-bond donors (Lipinski definition) is 0. The van der Waals surface area contributed by atoms with Gasteiger partial charge in [0.15, 0.2) is 0 Å². The van der Waals surface area contributed by atoms with Gasteiger partial charge in [0.25, 0.3) is 0 Å². The minimum absolute atomic E-state index is 0.921. The van der Waals surface area contributed by atoms with Crippen molar-refractivity contribution >= 4 is 59.9 Å². The normalized spacial score (nSPS) is 12.0. The molecule has 0 aliphatic heterocycles. The van der Waals surface area contributed by atoms with Gasteiger partial charge in [-0.3, -0.25) is 4.57 Å². The summed E-state index contributed by atoms with van der Waals surface area (Å²) in [5, 5.41) is 7.55. The summed E-state index contributed by atoms with van der Waals surface area (Å²) in [5.41, 5.74) is 8.09. The van der Waals surface area contributed by atoms with Crippen molar-refractivity contribution in [3.05, 3.63) is 140 Å². The zero-order valence-corrected chi connectivity index (χ0v) is 21.6. The molecular weight excluding hydrogens is 486 g/mol. The van der Waals surface area contributed by atoms with Crippen LogP contribution in [0.2, 0.25) is 0 Å². The molecule has 0 saturated carbocycles. The van der Waals surface area contributed by atoms with E-state index in [1.165, 1.54) is 48.9 Å². The molecule has 4 heterocycles. The van der Waals surface area contributed by atoms with Crippen molar-refractivity contribution in [2.75, 3.05) is 0 Å². The Morgan fingerprint density at radius 3 is 2.00 bits per heavy atom. The SMILES string of the molecule is c1ccc(-c2cccc(-n3c4ccccc4c4c5c(ccc43)c3ccccc3n3c4ccccc4cc53)n2)cc1. The number of nitrogens with zero attached hydrogens (tertiary/aromatic N) is 3. The summed E-state index contributed by atoms with van der Waals surface area (Å²) < 4.78 is 4.76. The van der Waals surface area contributed by atoms with E-state index in [1.807, 2.05) is 6.07 Å². The highest BCUT2D eigenvalue weighted by molar-refractivity contribution is 6.30. The zero-order chi connectivity index (χ0) is 26.2.